The zero-order valence-corrected chi connectivity index (χ0v) is 14.1. The maximum atomic E-state index is 12.0. The Hall–Kier alpha value is -2.30. The van der Waals surface area contributed by atoms with Gasteiger partial charge < -0.3 is 9.47 Å². The van der Waals surface area contributed by atoms with E-state index in [9.17, 15) is 4.79 Å². The van der Waals surface area contributed by atoms with Crippen LogP contribution in [-0.2, 0) is 4.74 Å². The van der Waals surface area contributed by atoms with Crippen LogP contribution in [0.15, 0.2) is 54.6 Å². The van der Waals surface area contributed by atoms with Crippen molar-refractivity contribution in [1.82, 2.24) is 4.98 Å². The fourth-order valence-electron chi connectivity index (χ4n) is 2.15. The van der Waals surface area contributed by atoms with Crippen LogP contribution in [0.4, 0.5) is 0 Å². The molecule has 1 heterocycles. The van der Waals surface area contributed by atoms with E-state index in [0.29, 0.717) is 15.8 Å². The predicted octanol–water partition coefficient (Wildman–Crippen LogP) is 4.78. The topological polar surface area (TPSA) is 48.4 Å². The van der Waals surface area contributed by atoms with E-state index in [-0.39, 0.29) is 18.9 Å². The first-order chi connectivity index (χ1) is 11.6. The number of hydrogen-bond acceptors (Lipinski definition) is 4. The van der Waals surface area contributed by atoms with Crippen LogP contribution in [0.2, 0.25) is 10.0 Å². The third-order valence-corrected chi connectivity index (χ3v) is 3.88. The smallest absolute Gasteiger partial charge is 0.357 e. The van der Waals surface area contributed by atoms with Crippen molar-refractivity contribution in [3.05, 3.63) is 70.3 Å². The fourth-order valence-corrected chi connectivity index (χ4v) is 2.66. The third-order valence-electron chi connectivity index (χ3n) is 3.29. The van der Waals surface area contributed by atoms with Crippen molar-refractivity contribution in [2.75, 3.05) is 13.2 Å². The first-order valence-electron chi connectivity index (χ1n) is 7.25. The molecule has 0 fully saturated rings. The summed E-state index contributed by atoms with van der Waals surface area (Å²) in [5.74, 6) is -0.129. The molecule has 3 aromatic rings. The molecule has 1 aromatic heterocycles. The maximum Gasteiger partial charge on any atom is 0.357 e. The molecule has 0 saturated carbocycles. The highest BCUT2D eigenvalue weighted by atomic mass is 35.5. The van der Waals surface area contributed by atoms with E-state index in [1.807, 2.05) is 30.3 Å². The van der Waals surface area contributed by atoms with Crippen molar-refractivity contribution < 1.29 is 14.3 Å². The van der Waals surface area contributed by atoms with Crippen LogP contribution >= 0.6 is 23.2 Å². The van der Waals surface area contributed by atoms with Gasteiger partial charge in [-0.05, 0) is 24.3 Å². The molecule has 0 amide bonds. The molecule has 3 rings (SSSR count). The third kappa shape index (κ3) is 3.78. The number of ether oxygens (including phenoxy) is 2. The summed E-state index contributed by atoms with van der Waals surface area (Å²) in [6, 6.07) is 16.1. The lowest BCUT2D eigenvalue weighted by Gasteiger charge is -2.10. The molecule has 0 radical (unpaired) electrons. The molecule has 0 atom stereocenters. The molecule has 0 aliphatic carbocycles. The van der Waals surface area contributed by atoms with Gasteiger partial charge in [-0.15, -0.1) is 0 Å². The summed E-state index contributed by atoms with van der Waals surface area (Å²) in [6.07, 6.45) is 0. The average Bonchev–Trinajstić information content (AvgIpc) is 2.60. The van der Waals surface area contributed by atoms with Gasteiger partial charge in [-0.3, -0.25) is 0 Å². The number of halogens is 2. The summed E-state index contributed by atoms with van der Waals surface area (Å²) in [7, 11) is 0. The number of carbonyl (C=O) groups is 1. The second-order valence-electron chi connectivity index (χ2n) is 4.92. The van der Waals surface area contributed by atoms with Gasteiger partial charge in [0.1, 0.15) is 18.9 Å². The van der Waals surface area contributed by atoms with Gasteiger partial charge in [0.05, 0.1) is 15.6 Å². The molecule has 0 spiro atoms. The van der Waals surface area contributed by atoms with Crippen LogP contribution in [0.5, 0.6) is 5.75 Å². The van der Waals surface area contributed by atoms with Crippen molar-refractivity contribution in [1.29, 1.82) is 0 Å². The number of nitrogens with zero attached hydrogens (tertiary/aromatic N) is 1. The van der Waals surface area contributed by atoms with E-state index in [0.717, 1.165) is 10.9 Å². The van der Waals surface area contributed by atoms with Gasteiger partial charge in [0.25, 0.3) is 0 Å². The lowest BCUT2D eigenvalue weighted by atomic mass is 10.2. The average molecular weight is 362 g/mol. The molecule has 0 unspecified atom stereocenters. The minimum atomic E-state index is -0.505. The molecule has 122 valence electrons. The van der Waals surface area contributed by atoms with E-state index in [1.165, 1.54) is 0 Å². The van der Waals surface area contributed by atoms with Gasteiger partial charge in [0.2, 0.25) is 0 Å². The van der Waals surface area contributed by atoms with Gasteiger partial charge in [0, 0.05) is 5.39 Å². The Balaban J connectivity index is 1.57. The molecule has 24 heavy (non-hydrogen) atoms. The zero-order chi connectivity index (χ0) is 16.9. The second kappa shape index (κ2) is 7.51. The number of fused-ring (bicyclic) bond motifs is 1. The largest absolute Gasteiger partial charge is 0.487 e. The van der Waals surface area contributed by atoms with Gasteiger partial charge in [-0.2, -0.15) is 0 Å². The fraction of sp³-hybridized carbons (Fsp3) is 0.111. The molecule has 0 aliphatic heterocycles. The van der Waals surface area contributed by atoms with E-state index in [2.05, 4.69) is 4.98 Å². The Morgan fingerprint density at radius 2 is 1.67 bits per heavy atom. The number of para-hydroxylation sites is 2. The highest BCUT2D eigenvalue weighted by Crippen LogP contribution is 2.32. The van der Waals surface area contributed by atoms with Crippen LogP contribution < -0.4 is 4.74 Å². The number of hydrogen-bond donors (Lipinski definition) is 0. The minimum Gasteiger partial charge on any atom is -0.487 e. The number of esters is 1. The van der Waals surface area contributed by atoms with Crippen LogP contribution in [0.1, 0.15) is 10.5 Å². The highest BCUT2D eigenvalue weighted by Gasteiger charge is 2.11. The number of aromatic nitrogens is 1. The number of pyridine rings is 1. The van der Waals surface area contributed by atoms with E-state index in [4.69, 9.17) is 32.7 Å². The summed E-state index contributed by atoms with van der Waals surface area (Å²) in [5.41, 5.74) is 0.996. The summed E-state index contributed by atoms with van der Waals surface area (Å²) in [6.45, 7) is 0.206. The van der Waals surface area contributed by atoms with E-state index in [1.54, 1.807) is 24.3 Å². The van der Waals surface area contributed by atoms with Crippen molar-refractivity contribution in [3.63, 3.8) is 0 Å². The summed E-state index contributed by atoms with van der Waals surface area (Å²) in [5, 5.41) is 1.78. The Morgan fingerprint density at radius 1 is 0.917 bits per heavy atom. The first-order valence-corrected chi connectivity index (χ1v) is 8.00. The van der Waals surface area contributed by atoms with Gasteiger partial charge in [-0.1, -0.05) is 53.5 Å². The first kappa shape index (κ1) is 16.6. The minimum absolute atomic E-state index is 0.0644. The zero-order valence-electron chi connectivity index (χ0n) is 12.5. The summed E-state index contributed by atoms with van der Waals surface area (Å²) < 4.78 is 10.6. The number of rotatable bonds is 5. The maximum absolute atomic E-state index is 12.0. The summed E-state index contributed by atoms with van der Waals surface area (Å²) >= 11 is 12.0. The molecule has 4 nitrogen and oxygen atoms in total. The quantitative estimate of drug-likeness (QED) is 0.484. The van der Waals surface area contributed by atoms with Crippen LogP contribution in [0.3, 0.4) is 0 Å². The lowest BCUT2D eigenvalue weighted by molar-refractivity contribution is 0.0444. The lowest BCUT2D eigenvalue weighted by Crippen LogP contribution is -2.13. The number of benzene rings is 2. The summed E-state index contributed by atoms with van der Waals surface area (Å²) in [4.78, 5) is 16.3. The molecular weight excluding hydrogens is 349 g/mol. The Kier molecular flexibility index (Phi) is 5.18. The Labute approximate surface area is 148 Å². The van der Waals surface area contributed by atoms with E-state index < -0.39 is 5.97 Å². The molecule has 0 bridgehead atoms. The van der Waals surface area contributed by atoms with E-state index >= 15 is 0 Å². The normalized spacial score (nSPS) is 10.6. The molecule has 0 N–H and O–H groups in total. The molecule has 0 aliphatic rings. The van der Waals surface area contributed by atoms with Crippen molar-refractivity contribution >= 4 is 40.1 Å². The molecular formula is C18H13Cl2NO3. The second-order valence-corrected chi connectivity index (χ2v) is 5.74. The SMILES string of the molecule is O=C(OCCOc1c(Cl)cccc1Cl)c1ccc2ccccc2n1. The monoisotopic (exact) mass is 361 g/mol. The van der Waals surface area contributed by atoms with Crippen molar-refractivity contribution in [2.45, 2.75) is 0 Å². The molecule has 6 heteroatoms. The van der Waals surface area contributed by atoms with Crippen LogP contribution in [0.25, 0.3) is 10.9 Å². The van der Waals surface area contributed by atoms with Gasteiger partial charge in [-0.25, -0.2) is 9.78 Å². The number of carbonyl (C=O) groups excluding carboxylic acids is 1. The Bertz CT molecular complexity index is 863. The standard InChI is InChI=1S/C18H13Cl2NO3/c19-13-5-3-6-14(20)17(13)23-10-11-24-18(22)16-9-8-12-4-1-2-7-15(12)21-16/h1-9H,10-11H2. The highest BCUT2D eigenvalue weighted by molar-refractivity contribution is 6.37. The van der Waals surface area contributed by atoms with Crippen LogP contribution in [0, 0.1) is 0 Å². The van der Waals surface area contributed by atoms with Gasteiger partial charge >= 0.3 is 5.97 Å². The molecule has 2 aromatic carbocycles. The molecule has 0 saturated heterocycles. The Morgan fingerprint density at radius 3 is 2.46 bits per heavy atom. The van der Waals surface area contributed by atoms with Gasteiger partial charge in [0.15, 0.2) is 5.75 Å². The predicted molar refractivity (Wildman–Crippen MR) is 94.0 cm³/mol. The van der Waals surface area contributed by atoms with Crippen molar-refractivity contribution in [2.24, 2.45) is 0 Å². The van der Waals surface area contributed by atoms with Crippen LogP contribution in [-0.4, -0.2) is 24.2 Å². The van der Waals surface area contributed by atoms with Crippen molar-refractivity contribution in [3.8, 4) is 5.75 Å².